The zero-order valence-corrected chi connectivity index (χ0v) is 18.4. The Labute approximate surface area is 188 Å². The lowest BCUT2D eigenvalue weighted by molar-refractivity contribution is 0.0506. The highest BCUT2D eigenvalue weighted by molar-refractivity contribution is 5.77. The van der Waals surface area contributed by atoms with Crippen molar-refractivity contribution < 1.29 is 14.3 Å². The number of amides is 3. The van der Waals surface area contributed by atoms with Gasteiger partial charge in [-0.05, 0) is 33.0 Å². The number of benzene rings is 2. The highest BCUT2D eigenvalue weighted by Crippen LogP contribution is 2.45. The van der Waals surface area contributed by atoms with E-state index in [-0.39, 0.29) is 24.2 Å². The molecule has 0 aromatic heterocycles. The lowest BCUT2D eigenvalue weighted by Gasteiger charge is -2.42. The first-order valence-corrected chi connectivity index (χ1v) is 11.4. The Bertz CT molecular complexity index is 920. The molecule has 168 valence electrons. The smallest absolute Gasteiger partial charge is 0.411 e. The number of piperazine rings is 1. The fraction of sp³-hybridized carbons (Fsp3) is 0.440. The van der Waals surface area contributed by atoms with Crippen LogP contribution in [-0.2, 0) is 10.3 Å². The van der Waals surface area contributed by atoms with Crippen molar-refractivity contribution in [2.75, 3.05) is 39.8 Å². The van der Waals surface area contributed by atoms with Crippen molar-refractivity contribution in [3.8, 4) is 0 Å². The van der Waals surface area contributed by atoms with Crippen LogP contribution in [0.5, 0.6) is 0 Å². The van der Waals surface area contributed by atoms with Gasteiger partial charge in [0.2, 0.25) is 0 Å². The van der Waals surface area contributed by atoms with Crippen LogP contribution in [-0.4, -0.2) is 78.7 Å². The van der Waals surface area contributed by atoms with E-state index < -0.39 is 5.60 Å². The molecule has 3 aliphatic heterocycles. The number of rotatable bonds is 3. The van der Waals surface area contributed by atoms with Crippen LogP contribution in [0.15, 0.2) is 60.7 Å². The molecule has 3 amide bonds. The van der Waals surface area contributed by atoms with Gasteiger partial charge in [-0.2, -0.15) is 0 Å². The van der Waals surface area contributed by atoms with Gasteiger partial charge in [-0.25, -0.2) is 9.59 Å². The molecule has 32 heavy (non-hydrogen) atoms. The molecule has 7 heteroatoms. The van der Waals surface area contributed by atoms with E-state index in [1.165, 1.54) is 0 Å². The first kappa shape index (κ1) is 20.8. The van der Waals surface area contributed by atoms with Crippen molar-refractivity contribution in [3.05, 3.63) is 71.8 Å². The first-order chi connectivity index (χ1) is 15.6. The number of carbonyl (C=O) groups is 2. The van der Waals surface area contributed by atoms with Gasteiger partial charge in [-0.15, -0.1) is 0 Å². The van der Waals surface area contributed by atoms with Gasteiger partial charge in [0.05, 0.1) is 0 Å². The molecule has 3 fully saturated rings. The van der Waals surface area contributed by atoms with Crippen molar-refractivity contribution in [3.63, 3.8) is 0 Å². The number of urea groups is 1. The molecule has 3 heterocycles. The summed E-state index contributed by atoms with van der Waals surface area (Å²) in [5, 5.41) is 3.22. The van der Waals surface area contributed by atoms with E-state index in [9.17, 15) is 9.59 Å². The van der Waals surface area contributed by atoms with Crippen LogP contribution in [0, 0.1) is 0 Å². The van der Waals surface area contributed by atoms with Crippen molar-refractivity contribution in [2.24, 2.45) is 0 Å². The van der Waals surface area contributed by atoms with Crippen LogP contribution >= 0.6 is 0 Å². The lowest BCUT2D eigenvalue weighted by Crippen LogP contribution is -2.60. The SMILES string of the molecule is CN1CCC(NC(=O)N2CCN3C(=O)OC(c4ccccc4)(c4ccccc4)C3C2)CC1. The maximum absolute atomic E-state index is 13.2. The Balaban J connectivity index is 1.44. The Morgan fingerprint density at radius 2 is 1.53 bits per heavy atom. The normalized spacial score (nSPS) is 23.5. The molecule has 5 rings (SSSR count). The van der Waals surface area contributed by atoms with Crippen molar-refractivity contribution in [2.45, 2.75) is 30.5 Å². The topological polar surface area (TPSA) is 65.1 Å². The maximum Gasteiger partial charge on any atom is 0.411 e. The predicted octanol–water partition coefficient (Wildman–Crippen LogP) is 2.87. The second-order valence-electron chi connectivity index (χ2n) is 9.02. The maximum atomic E-state index is 13.2. The number of fused-ring (bicyclic) bond motifs is 1. The van der Waals surface area contributed by atoms with Gasteiger partial charge in [0.25, 0.3) is 0 Å². The van der Waals surface area contributed by atoms with E-state index >= 15 is 0 Å². The minimum atomic E-state index is -0.952. The van der Waals surface area contributed by atoms with Gasteiger partial charge in [0.15, 0.2) is 5.60 Å². The summed E-state index contributed by atoms with van der Waals surface area (Å²) in [6.07, 6.45) is 1.61. The quantitative estimate of drug-likeness (QED) is 0.807. The van der Waals surface area contributed by atoms with Crippen LogP contribution in [0.3, 0.4) is 0 Å². The standard InChI is InChI=1S/C25H30N4O3/c1-27-14-12-21(13-15-27)26-23(30)28-16-17-29-22(18-28)25(32-24(29)31,19-8-4-2-5-9-19)20-10-6-3-7-11-20/h2-11,21-22H,12-18H2,1H3,(H,26,30). The number of hydrogen-bond acceptors (Lipinski definition) is 4. The van der Waals surface area contributed by atoms with E-state index in [1.807, 2.05) is 65.6 Å². The molecule has 1 atom stereocenters. The fourth-order valence-corrected chi connectivity index (χ4v) is 5.26. The molecule has 3 aliphatic rings. The van der Waals surface area contributed by atoms with Crippen molar-refractivity contribution >= 4 is 12.1 Å². The summed E-state index contributed by atoms with van der Waals surface area (Å²) in [5.74, 6) is 0. The molecule has 0 saturated carbocycles. The molecular formula is C25H30N4O3. The highest BCUT2D eigenvalue weighted by Gasteiger charge is 2.58. The second-order valence-corrected chi connectivity index (χ2v) is 9.02. The van der Waals surface area contributed by atoms with Crippen LogP contribution in [0.1, 0.15) is 24.0 Å². The molecule has 2 aromatic rings. The van der Waals surface area contributed by atoms with E-state index in [0.717, 1.165) is 37.1 Å². The van der Waals surface area contributed by atoms with Crippen LogP contribution in [0.2, 0.25) is 0 Å². The van der Waals surface area contributed by atoms with Crippen LogP contribution in [0.25, 0.3) is 0 Å². The fourth-order valence-electron chi connectivity index (χ4n) is 5.26. The van der Waals surface area contributed by atoms with Gasteiger partial charge in [0.1, 0.15) is 6.04 Å². The third kappa shape index (κ3) is 3.60. The van der Waals surface area contributed by atoms with Crippen LogP contribution < -0.4 is 5.32 Å². The summed E-state index contributed by atoms with van der Waals surface area (Å²) < 4.78 is 6.18. The Morgan fingerprint density at radius 1 is 0.938 bits per heavy atom. The second kappa shape index (κ2) is 8.47. The number of cyclic esters (lactones) is 1. The summed E-state index contributed by atoms with van der Waals surface area (Å²) in [5.41, 5.74) is 0.890. The molecule has 0 radical (unpaired) electrons. The number of likely N-dealkylation sites (tertiary alicyclic amines) is 1. The lowest BCUT2D eigenvalue weighted by atomic mass is 9.79. The summed E-state index contributed by atoms with van der Waals surface area (Å²) >= 11 is 0. The number of carbonyl (C=O) groups excluding carboxylic acids is 2. The van der Waals surface area contributed by atoms with E-state index in [1.54, 1.807) is 4.90 Å². The van der Waals surface area contributed by atoms with Crippen molar-refractivity contribution in [1.82, 2.24) is 20.0 Å². The van der Waals surface area contributed by atoms with Gasteiger partial charge >= 0.3 is 12.1 Å². The zero-order chi connectivity index (χ0) is 22.1. The molecule has 0 bridgehead atoms. The number of nitrogens with zero attached hydrogens (tertiary/aromatic N) is 3. The monoisotopic (exact) mass is 434 g/mol. The number of hydrogen-bond donors (Lipinski definition) is 1. The van der Waals surface area contributed by atoms with E-state index in [2.05, 4.69) is 17.3 Å². The first-order valence-electron chi connectivity index (χ1n) is 11.4. The highest BCUT2D eigenvalue weighted by atomic mass is 16.6. The number of nitrogens with one attached hydrogen (secondary N) is 1. The third-order valence-corrected chi connectivity index (χ3v) is 7.07. The molecule has 1 N–H and O–H groups in total. The molecule has 2 aromatic carbocycles. The zero-order valence-electron chi connectivity index (χ0n) is 18.4. The summed E-state index contributed by atoms with van der Waals surface area (Å²) in [6.45, 7) is 3.38. The molecular weight excluding hydrogens is 404 g/mol. The Morgan fingerprint density at radius 3 is 2.12 bits per heavy atom. The average Bonchev–Trinajstić information content (AvgIpc) is 3.14. The largest absolute Gasteiger partial charge is 0.431 e. The van der Waals surface area contributed by atoms with E-state index in [0.29, 0.717) is 19.6 Å². The van der Waals surface area contributed by atoms with Gasteiger partial charge in [-0.3, -0.25) is 4.90 Å². The molecule has 0 aliphatic carbocycles. The molecule has 1 unspecified atom stereocenters. The summed E-state index contributed by atoms with van der Waals surface area (Å²) in [7, 11) is 2.11. The Kier molecular flexibility index (Phi) is 5.51. The minimum absolute atomic E-state index is 0.0476. The van der Waals surface area contributed by atoms with Crippen molar-refractivity contribution in [1.29, 1.82) is 0 Å². The minimum Gasteiger partial charge on any atom is -0.431 e. The summed E-state index contributed by atoms with van der Waals surface area (Å²) in [6, 6.07) is 19.6. The predicted molar refractivity (Wildman–Crippen MR) is 121 cm³/mol. The van der Waals surface area contributed by atoms with Crippen LogP contribution in [0.4, 0.5) is 9.59 Å². The average molecular weight is 435 g/mol. The molecule has 7 nitrogen and oxygen atoms in total. The van der Waals surface area contributed by atoms with Gasteiger partial charge < -0.3 is 19.9 Å². The Hall–Kier alpha value is -3.06. The number of piperidine rings is 1. The van der Waals surface area contributed by atoms with Gasteiger partial charge in [-0.1, -0.05) is 60.7 Å². The third-order valence-electron chi connectivity index (χ3n) is 7.07. The summed E-state index contributed by atoms with van der Waals surface area (Å²) in [4.78, 5) is 32.1. The molecule has 3 saturated heterocycles. The molecule has 0 spiro atoms. The number of ether oxygens (including phenoxy) is 1. The van der Waals surface area contributed by atoms with Gasteiger partial charge in [0, 0.05) is 36.8 Å². The van der Waals surface area contributed by atoms with E-state index in [4.69, 9.17) is 4.74 Å².